The van der Waals surface area contributed by atoms with Crippen molar-refractivity contribution >= 4 is 48.9 Å². The molecule has 0 atom stereocenters. The van der Waals surface area contributed by atoms with E-state index in [1.54, 1.807) is 7.11 Å². The topological polar surface area (TPSA) is 116 Å². The number of ether oxygens (including phenoxy) is 1. The number of aryl methyl sites for hydroxylation is 1. The van der Waals surface area contributed by atoms with Gasteiger partial charge >= 0.3 is 270 Å². The molecule has 282 valence electrons. The molecular formula is C40H54IN5O5S. The maximum absolute atomic E-state index is 14.7. The molecule has 2 aromatic heterocycles. The number of amides is 2. The second kappa shape index (κ2) is 15.8. The first-order chi connectivity index (χ1) is 25.0. The number of alkyl halides is 2. The van der Waals surface area contributed by atoms with Gasteiger partial charge in [-0.2, -0.15) is 0 Å². The number of nitrogens with zero attached hydrogens (tertiary/aromatic N) is 4. The summed E-state index contributed by atoms with van der Waals surface area (Å²) in [4.78, 5) is 34.3. The summed E-state index contributed by atoms with van der Waals surface area (Å²) in [6.07, 6.45) is 15.0. The molecule has 5 aliphatic rings. The molecule has 3 aromatic rings. The van der Waals surface area contributed by atoms with Gasteiger partial charge in [0.1, 0.15) is 5.75 Å². The average Bonchev–Trinajstić information content (AvgIpc) is 3.67. The number of aromatic nitrogens is 3. The Balaban J connectivity index is 1.06. The zero-order valence-electron chi connectivity index (χ0n) is 31.1. The molecule has 5 fully saturated rings. The first-order valence-electron chi connectivity index (χ1n) is 19.0. The zero-order valence-corrected chi connectivity index (χ0v) is 34.0. The Morgan fingerprint density at radius 3 is 2.37 bits per heavy atom. The summed E-state index contributed by atoms with van der Waals surface area (Å²) in [5.41, 5.74) is 4.88. The average molecular weight is 844 g/mol. The SMILES string of the molecule is COc1ccc(C23CCC(CN(C(=O)C4CCI(OC(=O)NC5CCS(=O)CC5)CC4)c4cc(-c5cnn(C(C)C)c5)ccn4)(CC2)CC3)cc1C. The van der Waals surface area contributed by atoms with Crippen LogP contribution in [0.2, 0.25) is 0 Å². The molecule has 0 spiro atoms. The minimum atomic E-state index is -1.98. The van der Waals surface area contributed by atoms with Crippen LogP contribution in [0.1, 0.15) is 95.2 Å². The van der Waals surface area contributed by atoms with Crippen LogP contribution in [-0.4, -0.2) is 71.0 Å². The first-order valence-corrected chi connectivity index (χ1v) is 24.4. The Morgan fingerprint density at radius 2 is 1.73 bits per heavy atom. The van der Waals surface area contributed by atoms with Crippen LogP contribution in [0.15, 0.2) is 48.9 Å². The summed E-state index contributed by atoms with van der Waals surface area (Å²) in [5.74, 6) is 2.96. The molecule has 12 heteroatoms. The van der Waals surface area contributed by atoms with E-state index >= 15 is 0 Å². The van der Waals surface area contributed by atoms with E-state index in [0.29, 0.717) is 23.9 Å². The maximum atomic E-state index is 14.7. The van der Waals surface area contributed by atoms with Gasteiger partial charge in [-0.15, -0.1) is 0 Å². The molecule has 2 aliphatic heterocycles. The van der Waals surface area contributed by atoms with Crippen molar-refractivity contribution in [2.45, 2.75) is 102 Å². The number of halogens is 1. The summed E-state index contributed by atoms with van der Waals surface area (Å²) in [7, 11) is 0.967. The molecule has 3 saturated carbocycles. The Hall–Kier alpha value is -3.00. The van der Waals surface area contributed by atoms with Crippen molar-refractivity contribution < 1.29 is 21.6 Å². The number of carbonyl (C=O) groups is 2. The molecule has 10 nitrogen and oxygen atoms in total. The van der Waals surface area contributed by atoms with Crippen LogP contribution in [0, 0.1) is 18.3 Å². The standard InChI is InChI=1S/C40H54IN5O5S/c1-28(2)46-26-32(25-43-46)31-9-20-42-36(24-31)45(27-39-12-15-40(16-13-39,17-14-39)33-5-6-35(50-4)29(3)23-33)37(47)30-7-18-41(19-8-30)51-38(48)44-34-10-21-52(49)22-11-34/h5-6,9,20,23-26,28,30,34H,7-8,10-19,21-22,27H2,1-4H3,(H,44,48). The fraction of sp³-hybridized carbons (Fsp3) is 0.600. The van der Waals surface area contributed by atoms with Crippen molar-refractivity contribution in [1.82, 2.24) is 20.1 Å². The number of hydrogen-bond acceptors (Lipinski definition) is 7. The molecule has 4 heterocycles. The summed E-state index contributed by atoms with van der Waals surface area (Å²) in [6, 6.07) is 11.1. The number of hydrogen-bond donors (Lipinski definition) is 1. The van der Waals surface area contributed by atoms with Gasteiger partial charge in [0.2, 0.25) is 0 Å². The Labute approximate surface area is 318 Å². The third-order valence-corrected chi connectivity index (χ3v) is 18.3. The summed E-state index contributed by atoms with van der Waals surface area (Å²) in [5, 5.41) is 7.58. The van der Waals surface area contributed by atoms with Gasteiger partial charge in [0.15, 0.2) is 0 Å². The predicted molar refractivity (Wildman–Crippen MR) is 215 cm³/mol. The van der Waals surface area contributed by atoms with E-state index in [1.807, 2.05) is 28.0 Å². The van der Waals surface area contributed by atoms with Gasteiger partial charge in [-0.25, -0.2) is 0 Å². The van der Waals surface area contributed by atoms with Gasteiger partial charge in [0.05, 0.1) is 7.11 Å². The minimum absolute atomic E-state index is 0.0427. The van der Waals surface area contributed by atoms with E-state index in [1.165, 1.54) is 11.1 Å². The summed E-state index contributed by atoms with van der Waals surface area (Å²) in [6.45, 7) is 7.04. The first kappa shape index (κ1) is 37.3. The number of nitrogens with one attached hydrogen (secondary N) is 1. The monoisotopic (exact) mass is 843 g/mol. The predicted octanol–water partition coefficient (Wildman–Crippen LogP) is 7.94. The quantitative estimate of drug-likeness (QED) is 0.163. The van der Waals surface area contributed by atoms with Crippen LogP contribution < -0.4 is 15.0 Å². The fourth-order valence-electron chi connectivity index (χ4n) is 8.78. The van der Waals surface area contributed by atoms with E-state index in [0.717, 1.165) is 89.9 Å². The number of methoxy groups -OCH3 is 1. The molecule has 2 bridgehead atoms. The van der Waals surface area contributed by atoms with Gasteiger partial charge < -0.3 is 4.74 Å². The van der Waals surface area contributed by atoms with Crippen molar-refractivity contribution in [3.05, 3.63) is 60.0 Å². The molecule has 1 N–H and O–H groups in total. The number of fused-ring (bicyclic) bond motifs is 3. The second-order valence-corrected chi connectivity index (χ2v) is 22.4. The van der Waals surface area contributed by atoms with Crippen LogP contribution in [0.3, 0.4) is 0 Å². The van der Waals surface area contributed by atoms with Gasteiger partial charge in [0.25, 0.3) is 0 Å². The van der Waals surface area contributed by atoms with Crippen molar-refractivity contribution in [3.8, 4) is 16.9 Å². The van der Waals surface area contributed by atoms with E-state index in [9.17, 15) is 13.8 Å². The summed E-state index contributed by atoms with van der Waals surface area (Å²) >= 11 is -1.98. The molecule has 3 aliphatic carbocycles. The van der Waals surface area contributed by atoms with Crippen LogP contribution in [0.25, 0.3) is 11.1 Å². The third kappa shape index (κ3) is 8.07. The second-order valence-electron chi connectivity index (χ2n) is 15.8. The van der Waals surface area contributed by atoms with Gasteiger partial charge in [-0.3, -0.25) is 0 Å². The van der Waals surface area contributed by atoms with Gasteiger partial charge in [-0.05, 0) is 32.4 Å². The molecule has 1 aromatic carbocycles. The van der Waals surface area contributed by atoms with Gasteiger partial charge in [-0.1, -0.05) is 0 Å². The molecule has 8 rings (SSSR count). The smallest absolute Gasteiger partial charge is 0.0361 e. The number of rotatable bonds is 10. The Kier molecular flexibility index (Phi) is 11.3. The Morgan fingerprint density at radius 1 is 1.02 bits per heavy atom. The van der Waals surface area contributed by atoms with E-state index < -0.39 is 31.0 Å². The van der Waals surface area contributed by atoms with Crippen molar-refractivity contribution in [3.63, 3.8) is 0 Å². The molecule has 2 saturated heterocycles. The van der Waals surface area contributed by atoms with Gasteiger partial charge in [0, 0.05) is 0 Å². The van der Waals surface area contributed by atoms with Crippen LogP contribution >= 0.6 is 20.2 Å². The van der Waals surface area contributed by atoms with Crippen LogP contribution in [-0.2, 0) is 24.1 Å². The van der Waals surface area contributed by atoms with Crippen molar-refractivity contribution in [1.29, 1.82) is 0 Å². The molecular weight excluding hydrogens is 789 g/mol. The van der Waals surface area contributed by atoms with E-state index in [2.05, 4.69) is 61.6 Å². The van der Waals surface area contributed by atoms with E-state index in [4.69, 9.17) is 12.8 Å². The summed E-state index contributed by atoms with van der Waals surface area (Å²) < 4.78 is 26.8. The molecule has 0 unspecified atom stereocenters. The molecule has 52 heavy (non-hydrogen) atoms. The van der Waals surface area contributed by atoms with Crippen molar-refractivity contribution in [2.24, 2.45) is 11.3 Å². The number of pyridine rings is 1. The third-order valence-electron chi connectivity index (χ3n) is 12.2. The number of carbonyl (C=O) groups excluding carboxylic acids is 2. The number of benzene rings is 1. The van der Waals surface area contributed by atoms with Crippen LogP contribution in [0.4, 0.5) is 10.6 Å². The van der Waals surface area contributed by atoms with Crippen LogP contribution in [0.5, 0.6) is 5.75 Å². The van der Waals surface area contributed by atoms with Crippen molar-refractivity contribution in [2.75, 3.05) is 38.9 Å². The number of anilines is 1. The minimum Gasteiger partial charge on any atom is -0.0361 e. The zero-order chi connectivity index (χ0) is 36.5. The molecule has 0 radical (unpaired) electrons. The fourth-order valence-corrected chi connectivity index (χ4v) is 14.6. The molecule has 2 amide bonds. The normalized spacial score (nSPS) is 27.0. The van der Waals surface area contributed by atoms with E-state index in [-0.39, 0.29) is 40.8 Å². The Bertz CT molecular complexity index is 1750.